The third-order valence-corrected chi connectivity index (χ3v) is 2.04. The average Bonchev–Trinajstić information content (AvgIpc) is 2.64. The van der Waals surface area contributed by atoms with Crippen LogP contribution in [0.2, 0.25) is 5.22 Å². The lowest BCUT2D eigenvalue weighted by Gasteiger charge is -2.19. The Bertz CT molecular complexity index is 381. The minimum atomic E-state index is -3.85. The van der Waals surface area contributed by atoms with Crippen molar-refractivity contribution in [3.05, 3.63) is 23.1 Å². The summed E-state index contributed by atoms with van der Waals surface area (Å²) in [5.74, 6) is -5.81. The van der Waals surface area contributed by atoms with Crippen LogP contribution < -0.4 is 5.73 Å². The van der Waals surface area contributed by atoms with Gasteiger partial charge in [0.2, 0.25) is 0 Å². The fourth-order valence-electron chi connectivity index (χ4n) is 1.03. The first kappa shape index (κ1) is 12.9. The maximum Gasteiger partial charge on any atom is 0.379 e. The van der Waals surface area contributed by atoms with Crippen molar-refractivity contribution in [2.75, 3.05) is 6.61 Å². The van der Waals surface area contributed by atoms with E-state index in [0.717, 1.165) is 0 Å². The highest BCUT2D eigenvalue weighted by Crippen LogP contribution is 2.32. The predicted octanol–water partition coefficient (Wildman–Crippen LogP) is 2.13. The normalized spacial score (nSPS) is 13.6. The Morgan fingerprint density at radius 2 is 2.31 bits per heavy atom. The lowest BCUT2D eigenvalue weighted by Crippen LogP contribution is -2.41. The van der Waals surface area contributed by atoms with Gasteiger partial charge in [-0.15, -0.1) is 0 Å². The molecule has 0 aliphatic rings. The van der Waals surface area contributed by atoms with Crippen LogP contribution in [-0.4, -0.2) is 18.5 Å². The topological polar surface area (TPSA) is 65.5 Å². The van der Waals surface area contributed by atoms with Gasteiger partial charge in [-0.3, -0.25) is 0 Å². The van der Waals surface area contributed by atoms with E-state index in [4.69, 9.17) is 21.8 Å². The first-order valence-corrected chi connectivity index (χ1v) is 4.83. The lowest BCUT2D eigenvalue weighted by molar-refractivity contribution is -0.175. The summed E-state index contributed by atoms with van der Waals surface area (Å²) in [6.45, 7) is 1.27. The van der Waals surface area contributed by atoms with Crippen molar-refractivity contribution >= 4 is 17.6 Å². The molecule has 16 heavy (non-hydrogen) atoms. The molecule has 1 aromatic heterocycles. The van der Waals surface area contributed by atoms with Crippen LogP contribution in [0.4, 0.5) is 8.78 Å². The van der Waals surface area contributed by atoms with Crippen molar-refractivity contribution in [1.29, 1.82) is 0 Å². The van der Waals surface area contributed by atoms with Gasteiger partial charge < -0.3 is 14.9 Å². The van der Waals surface area contributed by atoms with Crippen molar-refractivity contribution in [2.24, 2.45) is 5.73 Å². The second-order valence-corrected chi connectivity index (χ2v) is 3.34. The Morgan fingerprint density at radius 3 is 2.75 bits per heavy atom. The van der Waals surface area contributed by atoms with E-state index in [1.807, 2.05) is 0 Å². The largest absolute Gasteiger partial charge is 0.462 e. The molecule has 0 bridgehead atoms. The van der Waals surface area contributed by atoms with E-state index in [2.05, 4.69) is 4.74 Å². The van der Waals surface area contributed by atoms with Crippen LogP contribution in [0.25, 0.3) is 0 Å². The number of alkyl halides is 2. The monoisotopic (exact) mass is 253 g/mol. The predicted molar refractivity (Wildman–Crippen MR) is 52.2 cm³/mol. The fraction of sp³-hybridized carbons (Fsp3) is 0.444. The van der Waals surface area contributed by atoms with E-state index in [9.17, 15) is 13.6 Å². The standard InChI is InChI=1S/C9H10ClF2NO3/c1-2-15-8(14)9(11,12)7(13)5-3-4-6(10)16-5/h3-4,7H,2,13H2,1H3/t7-/m1/s1. The number of carbonyl (C=O) groups is 1. The van der Waals surface area contributed by atoms with Crippen molar-refractivity contribution < 1.29 is 22.7 Å². The number of carbonyl (C=O) groups excluding carboxylic acids is 1. The number of ether oxygens (including phenoxy) is 1. The molecule has 0 aliphatic heterocycles. The van der Waals surface area contributed by atoms with Gasteiger partial charge in [0, 0.05) is 0 Å². The molecule has 0 aromatic carbocycles. The highest BCUT2D eigenvalue weighted by atomic mass is 35.5. The number of hydrogen-bond donors (Lipinski definition) is 1. The molecule has 90 valence electrons. The highest BCUT2D eigenvalue weighted by molar-refractivity contribution is 6.28. The van der Waals surface area contributed by atoms with E-state index in [0.29, 0.717) is 0 Å². The van der Waals surface area contributed by atoms with Crippen molar-refractivity contribution in [3.63, 3.8) is 0 Å². The second-order valence-electron chi connectivity index (χ2n) is 2.96. The van der Waals surface area contributed by atoms with Crippen LogP contribution in [0.15, 0.2) is 16.5 Å². The number of esters is 1. The van der Waals surface area contributed by atoms with Crippen molar-refractivity contribution in [2.45, 2.75) is 18.9 Å². The van der Waals surface area contributed by atoms with Crippen LogP contribution >= 0.6 is 11.6 Å². The third kappa shape index (κ3) is 2.51. The van der Waals surface area contributed by atoms with E-state index >= 15 is 0 Å². The number of nitrogens with two attached hydrogens (primary N) is 1. The van der Waals surface area contributed by atoms with E-state index in [1.165, 1.54) is 19.1 Å². The molecule has 7 heteroatoms. The fourth-order valence-corrected chi connectivity index (χ4v) is 1.18. The number of hydrogen-bond acceptors (Lipinski definition) is 4. The molecule has 2 N–H and O–H groups in total. The van der Waals surface area contributed by atoms with Crippen molar-refractivity contribution in [3.8, 4) is 0 Å². The van der Waals surface area contributed by atoms with Crippen molar-refractivity contribution in [1.82, 2.24) is 0 Å². The molecular weight excluding hydrogens is 244 g/mol. The zero-order chi connectivity index (χ0) is 12.3. The lowest BCUT2D eigenvalue weighted by atomic mass is 10.1. The van der Waals surface area contributed by atoms with Gasteiger partial charge in [0.05, 0.1) is 6.61 Å². The van der Waals surface area contributed by atoms with Gasteiger partial charge in [0.25, 0.3) is 0 Å². The molecule has 1 aromatic rings. The smallest absolute Gasteiger partial charge is 0.379 e. The third-order valence-electron chi connectivity index (χ3n) is 1.84. The molecular formula is C9H10ClF2NO3. The molecule has 1 rings (SSSR count). The van der Waals surface area contributed by atoms with Crippen LogP contribution in [0, 0.1) is 0 Å². The second kappa shape index (κ2) is 4.80. The zero-order valence-electron chi connectivity index (χ0n) is 8.38. The maximum absolute atomic E-state index is 13.4. The number of rotatable bonds is 4. The van der Waals surface area contributed by atoms with Crippen LogP contribution in [0.3, 0.4) is 0 Å². The number of furan rings is 1. The summed E-state index contributed by atoms with van der Waals surface area (Å²) in [5.41, 5.74) is 5.21. The first-order chi connectivity index (χ1) is 7.39. The molecule has 0 radical (unpaired) electrons. The van der Waals surface area contributed by atoms with E-state index in [-0.39, 0.29) is 17.6 Å². The quantitative estimate of drug-likeness (QED) is 0.835. The zero-order valence-corrected chi connectivity index (χ0v) is 9.13. The summed E-state index contributed by atoms with van der Waals surface area (Å²) in [4.78, 5) is 11.0. The Labute approximate surface area is 95.3 Å². The molecule has 1 atom stereocenters. The Morgan fingerprint density at radius 1 is 1.69 bits per heavy atom. The maximum atomic E-state index is 13.4. The first-order valence-electron chi connectivity index (χ1n) is 4.45. The minimum absolute atomic E-state index is 0.0786. The SMILES string of the molecule is CCOC(=O)C(F)(F)[C@H](N)c1ccc(Cl)o1. The molecule has 0 unspecified atom stereocenters. The molecule has 4 nitrogen and oxygen atoms in total. The molecule has 1 heterocycles. The summed E-state index contributed by atoms with van der Waals surface area (Å²) in [6, 6.07) is 0.525. The highest BCUT2D eigenvalue weighted by Gasteiger charge is 2.49. The molecule has 0 fully saturated rings. The molecule has 0 spiro atoms. The summed E-state index contributed by atoms with van der Waals surface area (Å²) in [7, 11) is 0. The Balaban J connectivity index is 2.87. The van der Waals surface area contributed by atoms with Gasteiger partial charge in [-0.2, -0.15) is 8.78 Å². The molecule has 0 aliphatic carbocycles. The summed E-state index contributed by atoms with van der Waals surface area (Å²) >= 11 is 5.41. The van der Waals surface area contributed by atoms with Crippen LogP contribution in [0.5, 0.6) is 0 Å². The van der Waals surface area contributed by atoms with Gasteiger partial charge in [-0.05, 0) is 30.7 Å². The summed E-state index contributed by atoms with van der Waals surface area (Å²) in [6.07, 6.45) is 0. The Kier molecular flexibility index (Phi) is 3.88. The molecule has 0 amide bonds. The van der Waals surface area contributed by atoms with E-state index in [1.54, 1.807) is 0 Å². The van der Waals surface area contributed by atoms with Gasteiger partial charge in [0.15, 0.2) is 5.22 Å². The molecule has 0 saturated heterocycles. The minimum Gasteiger partial charge on any atom is -0.462 e. The van der Waals surface area contributed by atoms with Crippen LogP contribution in [-0.2, 0) is 9.53 Å². The summed E-state index contributed by atoms with van der Waals surface area (Å²) in [5, 5.41) is -0.0786. The van der Waals surface area contributed by atoms with Gasteiger partial charge in [-0.25, -0.2) is 4.79 Å². The van der Waals surface area contributed by atoms with Gasteiger partial charge in [0.1, 0.15) is 11.8 Å². The Hall–Kier alpha value is -1.14. The molecule has 0 saturated carbocycles. The van der Waals surface area contributed by atoms with E-state index < -0.39 is 17.9 Å². The number of halogens is 3. The van der Waals surface area contributed by atoms with Gasteiger partial charge in [-0.1, -0.05) is 0 Å². The van der Waals surface area contributed by atoms with Gasteiger partial charge >= 0.3 is 11.9 Å². The average molecular weight is 254 g/mol. The summed E-state index contributed by atoms with van der Waals surface area (Å²) < 4.78 is 35.7. The van der Waals surface area contributed by atoms with Crippen LogP contribution in [0.1, 0.15) is 18.7 Å².